The minimum Gasteiger partial charge on any atom is -0.385 e. The molecule has 1 saturated carbocycles. The molecule has 20 heavy (non-hydrogen) atoms. The van der Waals surface area contributed by atoms with Gasteiger partial charge in [-0.3, -0.25) is 5.10 Å². The fourth-order valence-corrected chi connectivity index (χ4v) is 4.06. The number of aliphatic hydroxyl groups is 1. The number of hydrogen-bond donors (Lipinski definition) is 3. The Kier molecular flexibility index (Phi) is 3.45. The first-order valence-electron chi connectivity index (χ1n) is 6.72. The van der Waals surface area contributed by atoms with E-state index in [2.05, 4.69) is 15.5 Å². The Morgan fingerprint density at radius 1 is 1.25 bits per heavy atom. The first kappa shape index (κ1) is 14.1. The summed E-state index contributed by atoms with van der Waals surface area (Å²) >= 11 is 6.17. The third-order valence-corrected chi connectivity index (χ3v) is 4.92. The summed E-state index contributed by atoms with van der Waals surface area (Å²) < 4.78 is 0. The van der Waals surface area contributed by atoms with Gasteiger partial charge in [-0.15, -0.1) is 12.4 Å². The number of aromatic amines is 1. The monoisotopic (exact) mass is 313 g/mol. The molecule has 2 fully saturated rings. The number of hydrogen-bond acceptors (Lipinski definition) is 3. The van der Waals surface area contributed by atoms with Crippen molar-refractivity contribution in [3.63, 3.8) is 0 Å². The smallest absolute Gasteiger partial charge is 0.0910 e. The van der Waals surface area contributed by atoms with E-state index in [0.29, 0.717) is 16.9 Å². The Bertz CT molecular complexity index is 630. The van der Waals surface area contributed by atoms with Gasteiger partial charge < -0.3 is 10.4 Å². The number of benzene rings is 1. The van der Waals surface area contributed by atoms with Crippen molar-refractivity contribution in [2.75, 3.05) is 13.1 Å². The van der Waals surface area contributed by atoms with Gasteiger partial charge in [0.05, 0.1) is 17.3 Å². The molecule has 1 aromatic heterocycles. The molecule has 4 rings (SSSR count). The highest BCUT2D eigenvalue weighted by Crippen LogP contribution is 2.49. The van der Waals surface area contributed by atoms with Crippen molar-refractivity contribution in [2.24, 2.45) is 11.8 Å². The molecule has 0 spiro atoms. The Morgan fingerprint density at radius 3 is 2.65 bits per heavy atom. The largest absolute Gasteiger partial charge is 0.385 e. The van der Waals surface area contributed by atoms with Crippen LogP contribution in [0.5, 0.6) is 0 Å². The SMILES string of the molecule is Cl.OC1(c2cc(Cl)cc3[nH]ncc23)C[C@H]2CNC[C@@H]2C1. The van der Waals surface area contributed by atoms with Crippen LogP contribution in [-0.4, -0.2) is 28.4 Å². The highest BCUT2D eigenvalue weighted by atomic mass is 35.5. The summed E-state index contributed by atoms with van der Waals surface area (Å²) in [6, 6.07) is 3.75. The number of nitrogens with zero attached hydrogens (tertiary/aromatic N) is 1. The molecule has 1 aromatic carbocycles. The van der Waals surface area contributed by atoms with Crippen LogP contribution in [0.3, 0.4) is 0 Å². The molecule has 0 bridgehead atoms. The predicted molar refractivity (Wildman–Crippen MR) is 81.3 cm³/mol. The minimum absolute atomic E-state index is 0. The van der Waals surface area contributed by atoms with E-state index in [0.717, 1.165) is 42.4 Å². The molecule has 3 N–H and O–H groups in total. The zero-order valence-electron chi connectivity index (χ0n) is 10.9. The van der Waals surface area contributed by atoms with Crippen LogP contribution in [0.1, 0.15) is 18.4 Å². The van der Waals surface area contributed by atoms with Gasteiger partial charge >= 0.3 is 0 Å². The molecule has 2 heterocycles. The summed E-state index contributed by atoms with van der Waals surface area (Å²) in [4.78, 5) is 0. The first-order valence-corrected chi connectivity index (χ1v) is 7.10. The number of aromatic nitrogens is 2. The average molecular weight is 314 g/mol. The van der Waals surface area contributed by atoms with Crippen molar-refractivity contribution >= 4 is 34.9 Å². The Labute approximate surface area is 128 Å². The van der Waals surface area contributed by atoms with Crippen molar-refractivity contribution in [2.45, 2.75) is 18.4 Å². The second-order valence-corrected chi connectivity index (χ2v) is 6.34. The molecule has 0 amide bonds. The van der Waals surface area contributed by atoms with Crippen molar-refractivity contribution in [3.05, 3.63) is 28.9 Å². The predicted octanol–water partition coefficient (Wildman–Crippen LogP) is 2.46. The van der Waals surface area contributed by atoms with Crippen molar-refractivity contribution < 1.29 is 5.11 Å². The van der Waals surface area contributed by atoms with Crippen LogP contribution >= 0.6 is 24.0 Å². The summed E-state index contributed by atoms with van der Waals surface area (Å²) in [6.07, 6.45) is 3.40. The van der Waals surface area contributed by atoms with Gasteiger partial charge in [0.2, 0.25) is 0 Å². The lowest BCUT2D eigenvalue weighted by Crippen LogP contribution is -2.25. The summed E-state index contributed by atoms with van der Waals surface area (Å²) in [7, 11) is 0. The highest BCUT2D eigenvalue weighted by molar-refractivity contribution is 6.31. The normalized spacial score (nSPS) is 27.5. The Balaban J connectivity index is 0.00000121. The standard InChI is InChI=1S/C14H16ClN3O.ClH/c15-10-1-12(11-7-17-18-13(11)2-10)14(19)3-8-5-16-6-9(8)4-14;/h1-2,7-9,16,19H,3-6H2,(H,17,18);1H/t8-,9-;/m0./s1. The molecule has 1 aliphatic carbocycles. The molecule has 0 unspecified atom stereocenters. The molecule has 2 aromatic rings. The second-order valence-electron chi connectivity index (χ2n) is 5.90. The van der Waals surface area contributed by atoms with Gasteiger partial charge in [-0.2, -0.15) is 5.10 Å². The number of H-pyrrole nitrogens is 1. The molecule has 2 atom stereocenters. The van der Waals surface area contributed by atoms with Crippen LogP contribution in [0.4, 0.5) is 0 Å². The summed E-state index contributed by atoms with van der Waals surface area (Å²) in [5.41, 5.74) is 1.06. The number of fused-ring (bicyclic) bond motifs is 2. The topological polar surface area (TPSA) is 60.9 Å². The molecule has 0 radical (unpaired) electrons. The van der Waals surface area contributed by atoms with Crippen molar-refractivity contribution in [3.8, 4) is 0 Å². The van der Waals surface area contributed by atoms with E-state index in [9.17, 15) is 5.11 Å². The van der Waals surface area contributed by atoms with E-state index in [4.69, 9.17) is 11.6 Å². The number of halogens is 2. The first-order chi connectivity index (χ1) is 9.16. The van der Waals surface area contributed by atoms with E-state index in [1.54, 1.807) is 6.20 Å². The summed E-state index contributed by atoms with van der Waals surface area (Å²) in [6.45, 7) is 2.03. The van der Waals surface area contributed by atoms with Gasteiger partial charge in [0.15, 0.2) is 0 Å². The molecule has 2 aliphatic rings. The minimum atomic E-state index is -0.759. The van der Waals surface area contributed by atoms with Crippen LogP contribution in [0.15, 0.2) is 18.3 Å². The molecule has 4 nitrogen and oxygen atoms in total. The molecule has 1 saturated heterocycles. The average Bonchev–Trinajstić information content (AvgIpc) is 3.01. The summed E-state index contributed by atoms with van der Waals surface area (Å²) in [5, 5.41) is 23.1. The zero-order valence-corrected chi connectivity index (χ0v) is 12.5. The molecule has 108 valence electrons. The highest BCUT2D eigenvalue weighted by Gasteiger charge is 2.47. The van der Waals surface area contributed by atoms with Gasteiger partial charge in [-0.25, -0.2) is 0 Å². The molecular weight excluding hydrogens is 297 g/mol. The van der Waals surface area contributed by atoms with Crippen LogP contribution in [-0.2, 0) is 5.60 Å². The van der Waals surface area contributed by atoms with Gasteiger partial charge in [0.1, 0.15) is 0 Å². The number of nitrogens with one attached hydrogen (secondary N) is 2. The lowest BCUT2D eigenvalue weighted by atomic mass is 9.88. The maximum Gasteiger partial charge on any atom is 0.0910 e. The van der Waals surface area contributed by atoms with E-state index in [1.165, 1.54) is 0 Å². The molecular formula is C14H17Cl2N3O. The molecule has 6 heteroatoms. The van der Waals surface area contributed by atoms with E-state index in [-0.39, 0.29) is 12.4 Å². The lowest BCUT2D eigenvalue weighted by Gasteiger charge is -2.25. The Morgan fingerprint density at radius 2 is 1.95 bits per heavy atom. The van der Waals surface area contributed by atoms with E-state index >= 15 is 0 Å². The lowest BCUT2D eigenvalue weighted by molar-refractivity contribution is 0.0374. The van der Waals surface area contributed by atoms with Gasteiger partial charge in [0.25, 0.3) is 0 Å². The van der Waals surface area contributed by atoms with Crippen LogP contribution in [0.2, 0.25) is 5.02 Å². The van der Waals surface area contributed by atoms with Crippen LogP contribution < -0.4 is 5.32 Å². The fraction of sp³-hybridized carbons (Fsp3) is 0.500. The Hall–Kier alpha value is -0.810. The van der Waals surface area contributed by atoms with Gasteiger partial charge in [0, 0.05) is 10.4 Å². The van der Waals surface area contributed by atoms with Crippen LogP contribution in [0, 0.1) is 11.8 Å². The third kappa shape index (κ3) is 2.02. The number of rotatable bonds is 1. The zero-order chi connectivity index (χ0) is 13.0. The maximum absolute atomic E-state index is 11.1. The molecule has 1 aliphatic heterocycles. The third-order valence-electron chi connectivity index (χ3n) is 4.70. The quantitative estimate of drug-likeness (QED) is 0.758. The van der Waals surface area contributed by atoms with Crippen molar-refractivity contribution in [1.82, 2.24) is 15.5 Å². The maximum atomic E-state index is 11.1. The van der Waals surface area contributed by atoms with E-state index in [1.807, 2.05) is 12.1 Å². The van der Waals surface area contributed by atoms with E-state index < -0.39 is 5.60 Å². The summed E-state index contributed by atoms with van der Waals surface area (Å²) in [5.74, 6) is 1.15. The fourth-order valence-electron chi connectivity index (χ4n) is 3.84. The second kappa shape index (κ2) is 4.88. The van der Waals surface area contributed by atoms with Gasteiger partial charge in [-0.1, -0.05) is 11.6 Å². The van der Waals surface area contributed by atoms with Crippen LogP contribution in [0.25, 0.3) is 10.9 Å². The van der Waals surface area contributed by atoms with Gasteiger partial charge in [-0.05, 0) is 55.5 Å². The van der Waals surface area contributed by atoms with Crippen molar-refractivity contribution in [1.29, 1.82) is 0 Å².